The molecule has 1 N–H and O–H groups in total. The zero-order valence-electron chi connectivity index (χ0n) is 21.0. The number of nitrogens with zero attached hydrogens (tertiary/aromatic N) is 3. The maximum atomic E-state index is 13.2. The Morgan fingerprint density at radius 1 is 0.972 bits per heavy atom. The van der Waals surface area contributed by atoms with E-state index in [-0.39, 0.29) is 6.61 Å². The van der Waals surface area contributed by atoms with Crippen molar-refractivity contribution in [2.75, 3.05) is 59.0 Å². The van der Waals surface area contributed by atoms with Crippen molar-refractivity contribution in [3.8, 4) is 17.2 Å². The quantitative estimate of drug-likeness (QED) is 0.460. The molecule has 2 aromatic carbocycles. The number of guanidine groups is 1. The van der Waals surface area contributed by atoms with Gasteiger partial charge >= 0.3 is 5.97 Å². The number of aliphatic imine (C=N–C) groups is 1. The van der Waals surface area contributed by atoms with Crippen LogP contribution >= 0.6 is 0 Å². The molecule has 1 fully saturated rings. The van der Waals surface area contributed by atoms with Gasteiger partial charge in [-0.2, -0.15) is 0 Å². The molecular formula is C26H32N4O6. The molecule has 0 aliphatic carbocycles. The van der Waals surface area contributed by atoms with Crippen molar-refractivity contribution >= 4 is 23.5 Å². The van der Waals surface area contributed by atoms with Crippen LogP contribution in [0.4, 0.5) is 5.69 Å². The van der Waals surface area contributed by atoms with Gasteiger partial charge < -0.3 is 28.7 Å². The number of ether oxygens (including phenoxy) is 4. The van der Waals surface area contributed by atoms with Gasteiger partial charge in [0.15, 0.2) is 5.92 Å². The van der Waals surface area contributed by atoms with Crippen LogP contribution in [-0.4, -0.2) is 76.9 Å². The Bertz CT molecular complexity index is 1130. The predicted molar refractivity (Wildman–Crippen MR) is 135 cm³/mol. The molecule has 192 valence electrons. The number of benzene rings is 2. The average Bonchev–Trinajstić information content (AvgIpc) is 2.92. The maximum Gasteiger partial charge on any atom is 0.321 e. The van der Waals surface area contributed by atoms with Gasteiger partial charge in [-0.1, -0.05) is 12.1 Å². The topological polar surface area (TPSA) is 102 Å². The van der Waals surface area contributed by atoms with Gasteiger partial charge in [-0.05, 0) is 31.2 Å². The third-order valence-electron chi connectivity index (χ3n) is 6.40. The highest BCUT2D eigenvalue weighted by atomic mass is 16.5. The summed E-state index contributed by atoms with van der Waals surface area (Å²) in [5.41, 5.74) is 1.63. The number of hydrogen-bond acceptors (Lipinski definition) is 9. The highest BCUT2D eigenvalue weighted by molar-refractivity contribution is 6.08. The molecule has 0 bridgehead atoms. The molecule has 0 aromatic heterocycles. The van der Waals surface area contributed by atoms with Gasteiger partial charge in [0.1, 0.15) is 23.3 Å². The largest absolute Gasteiger partial charge is 0.497 e. The van der Waals surface area contributed by atoms with E-state index < -0.39 is 23.8 Å². The van der Waals surface area contributed by atoms with Crippen LogP contribution < -0.4 is 24.4 Å². The van der Waals surface area contributed by atoms with Crippen LogP contribution in [0.15, 0.2) is 47.5 Å². The van der Waals surface area contributed by atoms with Crippen LogP contribution in [-0.2, 0) is 14.3 Å². The Morgan fingerprint density at radius 3 is 2.33 bits per heavy atom. The lowest BCUT2D eigenvalue weighted by Gasteiger charge is -2.40. The minimum absolute atomic E-state index is 0.163. The Labute approximate surface area is 210 Å². The molecule has 10 heteroatoms. The van der Waals surface area contributed by atoms with E-state index in [1.165, 1.54) is 7.11 Å². The number of carbonyl (C=O) groups excluding carboxylic acids is 2. The normalized spacial score (nSPS) is 19.8. The van der Waals surface area contributed by atoms with Gasteiger partial charge in [-0.15, -0.1) is 0 Å². The monoisotopic (exact) mass is 496 g/mol. The van der Waals surface area contributed by atoms with Crippen molar-refractivity contribution < 1.29 is 28.5 Å². The number of nitrogens with one attached hydrogen (secondary N) is 1. The van der Waals surface area contributed by atoms with E-state index in [0.29, 0.717) is 49.2 Å². The van der Waals surface area contributed by atoms with E-state index >= 15 is 0 Å². The number of piperazine rings is 1. The highest BCUT2D eigenvalue weighted by Gasteiger charge is 2.43. The molecular weight excluding hydrogens is 464 g/mol. The second-order valence-electron chi connectivity index (χ2n) is 8.37. The van der Waals surface area contributed by atoms with Crippen LogP contribution in [0.1, 0.15) is 18.5 Å². The number of methoxy groups -OCH3 is 3. The molecule has 0 spiro atoms. The van der Waals surface area contributed by atoms with Crippen LogP contribution in [0, 0.1) is 5.92 Å². The smallest absolute Gasteiger partial charge is 0.321 e. The minimum atomic E-state index is -1.13. The van der Waals surface area contributed by atoms with Crippen LogP contribution in [0.2, 0.25) is 0 Å². The fourth-order valence-corrected chi connectivity index (χ4v) is 4.56. The number of para-hydroxylation sites is 2. The van der Waals surface area contributed by atoms with Crippen LogP contribution in [0.5, 0.6) is 17.2 Å². The van der Waals surface area contributed by atoms with Crippen molar-refractivity contribution in [2.24, 2.45) is 10.9 Å². The summed E-state index contributed by atoms with van der Waals surface area (Å²) in [6, 6.07) is 12.3. The average molecular weight is 497 g/mol. The van der Waals surface area contributed by atoms with Crippen molar-refractivity contribution in [3.05, 3.63) is 48.0 Å². The molecule has 2 heterocycles. The molecule has 4 rings (SSSR count). The molecule has 0 unspecified atom stereocenters. The zero-order chi connectivity index (χ0) is 25.7. The van der Waals surface area contributed by atoms with Crippen molar-refractivity contribution in [1.29, 1.82) is 0 Å². The molecule has 2 aliphatic rings. The highest BCUT2D eigenvalue weighted by Crippen LogP contribution is 2.38. The summed E-state index contributed by atoms with van der Waals surface area (Å²) in [6.45, 7) is 4.57. The number of rotatable bonds is 7. The first kappa shape index (κ1) is 25.2. The van der Waals surface area contributed by atoms with Gasteiger partial charge in [0.2, 0.25) is 11.9 Å². The van der Waals surface area contributed by atoms with Crippen molar-refractivity contribution in [1.82, 2.24) is 10.2 Å². The third-order valence-corrected chi connectivity index (χ3v) is 6.40. The zero-order valence-corrected chi connectivity index (χ0v) is 21.0. The summed E-state index contributed by atoms with van der Waals surface area (Å²) >= 11 is 0. The molecule has 36 heavy (non-hydrogen) atoms. The van der Waals surface area contributed by atoms with Gasteiger partial charge in [0.25, 0.3) is 0 Å². The number of carbonyl (C=O) groups is 2. The van der Waals surface area contributed by atoms with Gasteiger partial charge in [0.05, 0.1) is 33.6 Å². The summed E-state index contributed by atoms with van der Waals surface area (Å²) < 4.78 is 21.6. The first-order valence-corrected chi connectivity index (χ1v) is 11.9. The Morgan fingerprint density at radius 2 is 1.67 bits per heavy atom. The lowest BCUT2D eigenvalue weighted by molar-refractivity contribution is -0.153. The summed E-state index contributed by atoms with van der Waals surface area (Å²) in [5.74, 6) is 0.120. The van der Waals surface area contributed by atoms with E-state index in [9.17, 15) is 9.59 Å². The van der Waals surface area contributed by atoms with E-state index in [4.69, 9.17) is 23.9 Å². The van der Waals surface area contributed by atoms with E-state index in [1.54, 1.807) is 39.3 Å². The first-order chi connectivity index (χ1) is 17.5. The third kappa shape index (κ3) is 5.02. The van der Waals surface area contributed by atoms with Gasteiger partial charge in [-0.3, -0.25) is 14.9 Å². The van der Waals surface area contributed by atoms with E-state index in [2.05, 4.69) is 10.2 Å². The number of esters is 1. The van der Waals surface area contributed by atoms with Crippen LogP contribution in [0.3, 0.4) is 0 Å². The minimum Gasteiger partial charge on any atom is -0.497 e. The van der Waals surface area contributed by atoms with Crippen LogP contribution in [0.25, 0.3) is 0 Å². The first-order valence-electron chi connectivity index (χ1n) is 11.9. The lowest BCUT2D eigenvalue weighted by atomic mass is 9.90. The number of amides is 1. The second-order valence-corrected chi connectivity index (χ2v) is 8.37. The summed E-state index contributed by atoms with van der Waals surface area (Å²) in [6.07, 6.45) is 0. The van der Waals surface area contributed by atoms with Crippen molar-refractivity contribution in [3.63, 3.8) is 0 Å². The Kier molecular flexibility index (Phi) is 7.82. The van der Waals surface area contributed by atoms with Crippen molar-refractivity contribution in [2.45, 2.75) is 13.0 Å². The summed E-state index contributed by atoms with van der Waals surface area (Å²) in [4.78, 5) is 35.2. The molecule has 2 aliphatic heterocycles. The number of hydrogen-bond donors (Lipinski definition) is 1. The van der Waals surface area contributed by atoms with E-state index in [0.717, 1.165) is 11.4 Å². The fraction of sp³-hybridized carbons (Fsp3) is 0.423. The second kappa shape index (κ2) is 11.2. The molecule has 1 amide bonds. The summed E-state index contributed by atoms with van der Waals surface area (Å²) in [7, 11) is 4.75. The molecule has 10 nitrogen and oxygen atoms in total. The predicted octanol–water partition coefficient (Wildman–Crippen LogP) is 2.24. The Hall–Kier alpha value is -3.95. The van der Waals surface area contributed by atoms with E-state index in [1.807, 2.05) is 29.2 Å². The van der Waals surface area contributed by atoms with Gasteiger partial charge in [0, 0.05) is 37.8 Å². The molecule has 2 aromatic rings. The fourth-order valence-electron chi connectivity index (χ4n) is 4.56. The lowest BCUT2D eigenvalue weighted by Crippen LogP contribution is -2.57. The SMILES string of the molecule is CCOC(=O)[C@@H]1C(=O)NC(N2CCN(c3ccccc3OC)CC2)=N[C@@H]1c1ccc(OC)cc1OC. The van der Waals surface area contributed by atoms with Gasteiger partial charge in [-0.25, -0.2) is 4.99 Å². The molecule has 0 radical (unpaired) electrons. The molecule has 1 saturated heterocycles. The molecule has 2 atom stereocenters. The maximum absolute atomic E-state index is 13.2. The number of anilines is 1. The standard InChI is InChI=1S/C26H32N4O6/c1-5-36-25(32)22-23(18-11-10-17(33-2)16-21(18)35-4)27-26(28-24(22)31)30-14-12-29(13-15-30)19-8-6-7-9-20(19)34-3/h6-11,16,22-23H,5,12-15H2,1-4H3,(H,27,28,31)/t22-,23+/m0/s1. The Balaban J connectivity index is 1.62. The molecule has 0 saturated carbocycles. The summed E-state index contributed by atoms with van der Waals surface area (Å²) in [5, 5.41) is 2.84.